The van der Waals surface area contributed by atoms with Crippen LogP contribution >= 0.6 is 11.3 Å². The molecule has 0 saturated heterocycles. The molecular weight excluding hydrogens is 515 g/mol. The lowest BCUT2D eigenvalue weighted by Crippen LogP contribution is -1.99. The number of thiophene rings is 1. The lowest BCUT2D eigenvalue weighted by Gasteiger charge is -2.25. The fourth-order valence-corrected chi connectivity index (χ4v) is 7.94. The number of pyridine rings is 1. The topological polar surface area (TPSA) is 12.9 Å². The third kappa shape index (κ3) is 3.32. The zero-order valence-electron chi connectivity index (χ0n) is 22.1. The fourth-order valence-electron chi connectivity index (χ4n) is 6.71. The van der Waals surface area contributed by atoms with E-state index in [1.54, 1.807) is 0 Å². The van der Waals surface area contributed by atoms with Crippen molar-refractivity contribution in [2.24, 2.45) is 0 Å². The van der Waals surface area contributed by atoms with Gasteiger partial charge in [0.05, 0.1) is 5.52 Å². The molecule has 2 heteroatoms. The van der Waals surface area contributed by atoms with E-state index in [0.29, 0.717) is 0 Å². The molecule has 190 valence electrons. The molecule has 0 unspecified atom stereocenters. The Kier molecular flexibility index (Phi) is 4.84. The maximum atomic E-state index is 4.76. The first-order valence-electron chi connectivity index (χ1n) is 14.0. The van der Waals surface area contributed by atoms with E-state index in [2.05, 4.69) is 127 Å². The van der Waals surface area contributed by atoms with Gasteiger partial charge in [0.15, 0.2) is 0 Å². The van der Waals surface area contributed by atoms with E-state index in [0.717, 1.165) is 10.9 Å². The number of aromatic nitrogens is 1. The molecule has 1 nitrogen and oxygen atoms in total. The summed E-state index contributed by atoms with van der Waals surface area (Å²) in [4.78, 5) is 4.76. The van der Waals surface area contributed by atoms with E-state index in [9.17, 15) is 0 Å². The van der Waals surface area contributed by atoms with Gasteiger partial charge in [-0.3, -0.25) is 4.98 Å². The molecule has 1 aliphatic rings. The van der Waals surface area contributed by atoms with E-state index in [4.69, 9.17) is 4.98 Å². The van der Waals surface area contributed by atoms with Gasteiger partial charge in [0, 0.05) is 37.3 Å². The van der Waals surface area contributed by atoms with Crippen molar-refractivity contribution in [2.75, 3.05) is 0 Å². The van der Waals surface area contributed by atoms with Gasteiger partial charge in [0.1, 0.15) is 0 Å². The highest BCUT2D eigenvalue weighted by atomic mass is 32.1. The van der Waals surface area contributed by atoms with Crippen LogP contribution in [0.5, 0.6) is 0 Å². The Balaban J connectivity index is 1.48. The zero-order valence-corrected chi connectivity index (χ0v) is 23.0. The molecule has 8 aromatic rings. The van der Waals surface area contributed by atoms with E-state index >= 15 is 0 Å². The van der Waals surface area contributed by atoms with Gasteiger partial charge in [-0.25, -0.2) is 0 Å². The van der Waals surface area contributed by atoms with E-state index in [-0.39, 0.29) is 0 Å². The van der Waals surface area contributed by atoms with Crippen LogP contribution in [0.25, 0.3) is 86.7 Å². The number of hydrogen-bond acceptors (Lipinski definition) is 2. The van der Waals surface area contributed by atoms with Crippen LogP contribution in [0.3, 0.4) is 0 Å². The van der Waals surface area contributed by atoms with Gasteiger partial charge < -0.3 is 0 Å². The smallest absolute Gasteiger partial charge is 0.0708 e. The molecule has 41 heavy (non-hydrogen) atoms. The minimum Gasteiger partial charge on any atom is -0.256 e. The third-order valence-electron chi connectivity index (χ3n) is 8.50. The Morgan fingerprint density at radius 1 is 0.415 bits per heavy atom. The summed E-state index contributed by atoms with van der Waals surface area (Å²) in [6.45, 7) is 0. The highest BCUT2D eigenvalue weighted by Crippen LogP contribution is 2.52. The Hall–Kier alpha value is -5.05. The minimum atomic E-state index is 1.01. The van der Waals surface area contributed by atoms with Gasteiger partial charge >= 0.3 is 0 Å². The van der Waals surface area contributed by atoms with E-state index < -0.39 is 0 Å². The molecule has 0 fully saturated rings. The molecular formula is C39H23NS. The van der Waals surface area contributed by atoms with Gasteiger partial charge in [-0.05, 0) is 74.3 Å². The van der Waals surface area contributed by atoms with Crippen molar-refractivity contribution >= 4 is 42.4 Å². The summed E-state index contributed by atoms with van der Waals surface area (Å²) >= 11 is 1.89. The molecule has 0 radical (unpaired) electrons. The van der Waals surface area contributed by atoms with E-state index in [1.165, 1.54) is 75.8 Å². The maximum absolute atomic E-state index is 4.76. The number of fused-ring (bicyclic) bond motifs is 12. The van der Waals surface area contributed by atoms with Crippen molar-refractivity contribution in [3.05, 3.63) is 140 Å². The predicted octanol–water partition coefficient (Wildman–Crippen LogP) is 11.3. The monoisotopic (exact) mass is 537 g/mol. The molecule has 0 atom stereocenters. The second-order valence-corrected chi connectivity index (χ2v) is 11.7. The predicted molar refractivity (Wildman–Crippen MR) is 175 cm³/mol. The van der Waals surface area contributed by atoms with Crippen molar-refractivity contribution in [1.82, 2.24) is 4.98 Å². The number of nitrogens with zero attached hydrogens (tertiary/aromatic N) is 1. The lowest BCUT2D eigenvalue weighted by molar-refractivity contribution is 1.41. The van der Waals surface area contributed by atoms with Crippen molar-refractivity contribution in [3.63, 3.8) is 0 Å². The summed E-state index contributed by atoms with van der Waals surface area (Å²) in [7, 11) is 0. The number of rotatable bonds is 1. The summed E-state index contributed by atoms with van der Waals surface area (Å²) in [6, 6.07) is 48.9. The highest BCUT2D eigenvalue weighted by molar-refractivity contribution is 7.26. The van der Waals surface area contributed by atoms with Crippen LogP contribution in [-0.2, 0) is 0 Å². The molecule has 2 aromatic heterocycles. The van der Waals surface area contributed by atoms with Gasteiger partial charge in [-0.15, -0.1) is 11.3 Å². The average Bonchev–Trinajstić information content (AvgIpc) is 3.42. The number of benzene rings is 6. The molecule has 0 bridgehead atoms. The first-order chi connectivity index (χ1) is 20.3. The van der Waals surface area contributed by atoms with Crippen LogP contribution in [0.15, 0.2) is 140 Å². The Morgan fingerprint density at radius 2 is 1.00 bits per heavy atom. The van der Waals surface area contributed by atoms with Gasteiger partial charge in [-0.2, -0.15) is 0 Å². The quantitative estimate of drug-likeness (QED) is 0.203. The molecule has 1 aliphatic carbocycles. The number of hydrogen-bond donors (Lipinski definition) is 0. The first kappa shape index (κ1) is 22.7. The molecule has 0 saturated carbocycles. The van der Waals surface area contributed by atoms with Gasteiger partial charge in [0.2, 0.25) is 0 Å². The van der Waals surface area contributed by atoms with Crippen LogP contribution in [0.1, 0.15) is 0 Å². The normalized spacial score (nSPS) is 11.9. The van der Waals surface area contributed by atoms with Crippen molar-refractivity contribution in [3.8, 4) is 55.6 Å². The molecule has 0 N–H and O–H groups in total. The van der Waals surface area contributed by atoms with E-state index in [1.807, 2.05) is 23.6 Å². The fraction of sp³-hybridized carbons (Fsp3) is 0. The van der Waals surface area contributed by atoms with Gasteiger partial charge in [-0.1, -0.05) is 109 Å². The van der Waals surface area contributed by atoms with Gasteiger partial charge in [0.25, 0.3) is 0 Å². The Bertz CT molecular complexity index is 2320. The van der Waals surface area contributed by atoms with Crippen molar-refractivity contribution in [2.45, 2.75) is 0 Å². The Morgan fingerprint density at radius 3 is 1.80 bits per heavy atom. The second-order valence-electron chi connectivity index (χ2n) is 10.7. The summed E-state index contributed by atoms with van der Waals surface area (Å²) < 4.78 is 2.66. The second kappa shape index (κ2) is 8.72. The van der Waals surface area contributed by atoms with Crippen molar-refractivity contribution < 1.29 is 0 Å². The zero-order chi connectivity index (χ0) is 26.9. The lowest BCUT2D eigenvalue weighted by atomic mass is 9.78. The molecule has 2 heterocycles. The van der Waals surface area contributed by atoms with Crippen molar-refractivity contribution in [1.29, 1.82) is 0 Å². The maximum Gasteiger partial charge on any atom is 0.0708 e. The Labute approximate surface area is 242 Å². The highest BCUT2D eigenvalue weighted by Gasteiger charge is 2.25. The summed E-state index contributed by atoms with van der Waals surface area (Å²) in [5.41, 5.74) is 13.6. The SMILES string of the molecule is c1ccc2c(c1)-c1ccccc1-c1cccc(-c3cccc4c3sc3ccccc34)c1-c1cc3cccnc3cc1-2. The molecule has 0 amide bonds. The third-order valence-corrected chi connectivity index (χ3v) is 9.72. The standard InChI is InChI=1S/C39H23NS/c1-3-13-27-25(11-1)26-12-2-4-14-28(26)34-23-36-24(10-9-21-40-36)22-35(34)38-30(27)16-7-17-31(38)33-19-8-18-32-29-15-5-6-20-37(29)41-39(32)33/h1-23H. The molecule has 0 aliphatic heterocycles. The summed E-state index contributed by atoms with van der Waals surface area (Å²) in [5.74, 6) is 0. The van der Waals surface area contributed by atoms with Crippen LogP contribution < -0.4 is 0 Å². The molecule has 6 aromatic carbocycles. The van der Waals surface area contributed by atoms with Crippen LogP contribution in [0.2, 0.25) is 0 Å². The minimum absolute atomic E-state index is 1.01. The largest absolute Gasteiger partial charge is 0.256 e. The molecule has 0 spiro atoms. The van der Waals surface area contributed by atoms with Crippen LogP contribution in [0, 0.1) is 0 Å². The average molecular weight is 538 g/mol. The summed E-state index contributed by atoms with van der Waals surface area (Å²) in [5, 5.41) is 3.79. The summed E-state index contributed by atoms with van der Waals surface area (Å²) in [6.07, 6.45) is 1.89. The molecule has 9 rings (SSSR count). The van der Waals surface area contributed by atoms with Crippen LogP contribution in [0.4, 0.5) is 0 Å². The van der Waals surface area contributed by atoms with Crippen LogP contribution in [-0.4, -0.2) is 4.98 Å². The first-order valence-corrected chi connectivity index (χ1v) is 14.8.